The third-order valence-electron chi connectivity index (χ3n) is 2.72. The van der Waals surface area contributed by atoms with Gasteiger partial charge in [-0.05, 0) is 38.5 Å². The molecule has 2 rings (SSSR count). The summed E-state index contributed by atoms with van der Waals surface area (Å²) in [4.78, 5) is 13.7. The average Bonchev–Trinajstić information content (AvgIpc) is 2.18. The standard InChI is InChI=1S/C12H15ClN2O/c1-7(2)15-11(16)6-14-10-5-9(13)4-8(3)12(10)15/h4-5,7,14H,6H2,1-3H3. The molecule has 0 saturated heterocycles. The summed E-state index contributed by atoms with van der Waals surface area (Å²) < 4.78 is 0. The van der Waals surface area contributed by atoms with Crippen LogP contribution >= 0.6 is 11.6 Å². The van der Waals surface area contributed by atoms with Gasteiger partial charge in [0.15, 0.2) is 0 Å². The number of aryl methyl sites for hydroxylation is 1. The minimum atomic E-state index is 0.105. The molecule has 0 aromatic heterocycles. The van der Waals surface area contributed by atoms with Crippen molar-refractivity contribution in [3.05, 3.63) is 22.7 Å². The van der Waals surface area contributed by atoms with Gasteiger partial charge in [0.25, 0.3) is 0 Å². The minimum absolute atomic E-state index is 0.105. The maximum absolute atomic E-state index is 11.9. The van der Waals surface area contributed by atoms with Gasteiger partial charge in [0.1, 0.15) is 0 Å². The summed E-state index contributed by atoms with van der Waals surface area (Å²) in [6, 6.07) is 3.91. The second kappa shape index (κ2) is 3.98. The predicted molar refractivity (Wildman–Crippen MR) is 67.3 cm³/mol. The van der Waals surface area contributed by atoms with Crippen LogP contribution in [0.2, 0.25) is 5.02 Å². The Morgan fingerprint density at radius 3 is 2.75 bits per heavy atom. The van der Waals surface area contributed by atoms with E-state index in [2.05, 4.69) is 5.32 Å². The zero-order chi connectivity index (χ0) is 11.9. The molecule has 1 aliphatic rings. The van der Waals surface area contributed by atoms with E-state index in [0.717, 1.165) is 16.9 Å². The number of amides is 1. The summed E-state index contributed by atoms with van der Waals surface area (Å²) in [6.07, 6.45) is 0. The van der Waals surface area contributed by atoms with Crippen molar-refractivity contribution in [2.45, 2.75) is 26.8 Å². The number of hydrogen-bond donors (Lipinski definition) is 1. The number of hydrogen-bond acceptors (Lipinski definition) is 2. The molecule has 3 nitrogen and oxygen atoms in total. The lowest BCUT2D eigenvalue weighted by molar-refractivity contribution is -0.117. The number of carbonyl (C=O) groups excluding carboxylic acids is 1. The molecule has 1 N–H and O–H groups in total. The molecule has 86 valence electrons. The van der Waals surface area contributed by atoms with Gasteiger partial charge in [-0.3, -0.25) is 4.79 Å². The maximum Gasteiger partial charge on any atom is 0.246 e. The highest BCUT2D eigenvalue weighted by Gasteiger charge is 2.27. The first kappa shape index (κ1) is 11.3. The summed E-state index contributed by atoms with van der Waals surface area (Å²) in [7, 11) is 0. The first-order valence-electron chi connectivity index (χ1n) is 5.37. The lowest BCUT2D eigenvalue weighted by Gasteiger charge is -2.34. The largest absolute Gasteiger partial charge is 0.374 e. The number of nitrogens with zero attached hydrogens (tertiary/aromatic N) is 1. The number of fused-ring (bicyclic) bond motifs is 1. The molecule has 0 aliphatic carbocycles. The molecule has 0 saturated carbocycles. The Morgan fingerprint density at radius 2 is 2.12 bits per heavy atom. The van der Waals surface area contributed by atoms with Gasteiger partial charge in [-0.1, -0.05) is 11.6 Å². The Kier molecular flexibility index (Phi) is 2.80. The molecular formula is C12H15ClN2O. The summed E-state index contributed by atoms with van der Waals surface area (Å²) in [5.41, 5.74) is 2.92. The lowest BCUT2D eigenvalue weighted by atomic mass is 10.1. The van der Waals surface area contributed by atoms with Crippen molar-refractivity contribution in [2.24, 2.45) is 0 Å². The fraction of sp³-hybridized carbons (Fsp3) is 0.417. The van der Waals surface area contributed by atoms with E-state index in [4.69, 9.17) is 11.6 Å². The number of rotatable bonds is 1. The van der Waals surface area contributed by atoms with Gasteiger partial charge in [-0.2, -0.15) is 0 Å². The topological polar surface area (TPSA) is 32.3 Å². The molecule has 0 spiro atoms. The Balaban J connectivity index is 2.59. The van der Waals surface area contributed by atoms with Crippen LogP contribution in [0.25, 0.3) is 0 Å². The molecule has 0 unspecified atom stereocenters. The zero-order valence-electron chi connectivity index (χ0n) is 9.67. The van der Waals surface area contributed by atoms with E-state index in [1.54, 1.807) is 0 Å². The van der Waals surface area contributed by atoms with Crippen LogP contribution in [-0.2, 0) is 4.79 Å². The van der Waals surface area contributed by atoms with Crippen LogP contribution in [0.15, 0.2) is 12.1 Å². The third kappa shape index (κ3) is 1.76. The summed E-state index contributed by atoms with van der Waals surface area (Å²) in [5, 5.41) is 3.80. The van der Waals surface area contributed by atoms with Crippen LogP contribution < -0.4 is 10.2 Å². The van der Waals surface area contributed by atoms with Crippen molar-refractivity contribution in [2.75, 3.05) is 16.8 Å². The zero-order valence-corrected chi connectivity index (χ0v) is 10.4. The van der Waals surface area contributed by atoms with Gasteiger partial charge >= 0.3 is 0 Å². The van der Waals surface area contributed by atoms with Crippen molar-refractivity contribution in [1.29, 1.82) is 0 Å². The molecule has 0 bridgehead atoms. The van der Waals surface area contributed by atoms with Crippen molar-refractivity contribution in [3.63, 3.8) is 0 Å². The van der Waals surface area contributed by atoms with Crippen molar-refractivity contribution >= 4 is 28.9 Å². The molecule has 1 aliphatic heterocycles. The number of carbonyl (C=O) groups is 1. The Bertz CT molecular complexity index is 443. The van der Waals surface area contributed by atoms with Gasteiger partial charge in [-0.15, -0.1) is 0 Å². The van der Waals surface area contributed by atoms with Crippen LogP contribution in [0, 0.1) is 6.92 Å². The Labute approximate surface area is 100 Å². The number of anilines is 2. The quantitative estimate of drug-likeness (QED) is 0.816. The first-order chi connectivity index (χ1) is 7.50. The van der Waals surface area contributed by atoms with Crippen LogP contribution in [0.3, 0.4) is 0 Å². The second-order valence-corrected chi connectivity index (χ2v) is 4.77. The van der Waals surface area contributed by atoms with E-state index in [1.165, 1.54) is 0 Å². The highest BCUT2D eigenvalue weighted by atomic mass is 35.5. The van der Waals surface area contributed by atoms with E-state index in [1.807, 2.05) is 37.8 Å². The normalized spacial score (nSPS) is 15.1. The predicted octanol–water partition coefficient (Wildman–Crippen LogP) is 2.82. The molecule has 1 heterocycles. The van der Waals surface area contributed by atoms with Gasteiger partial charge in [-0.25, -0.2) is 0 Å². The number of nitrogens with one attached hydrogen (secondary N) is 1. The highest BCUT2D eigenvalue weighted by Crippen LogP contribution is 2.36. The molecule has 1 aromatic rings. The number of benzene rings is 1. The molecule has 0 atom stereocenters. The SMILES string of the molecule is Cc1cc(Cl)cc2c1N(C(C)C)C(=O)CN2. The molecule has 1 amide bonds. The second-order valence-electron chi connectivity index (χ2n) is 4.33. The van der Waals surface area contributed by atoms with Crippen LogP contribution in [0.1, 0.15) is 19.4 Å². The average molecular weight is 239 g/mol. The van der Waals surface area contributed by atoms with Crippen molar-refractivity contribution < 1.29 is 4.79 Å². The summed E-state index contributed by atoms with van der Waals surface area (Å²) >= 11 is 6.00. The lowest BCUT2D eigenvalue weighted by Crippen LogP contribution is -2.44. The summed E-state index contributed by atoms with van der Waals surface area (Å²) in [5.74, 6) is 0.105. The molecule has 16 heavy (non-hydrogen) atoms. The molecule has 1 aromatic carbocycles. The monoisotopic (exact) mass is 238 g/mol. The number of halogens is 1. The summed E-state index contributed by atoms with van der Waals surface area (Å²) in [6.45, 7) is 6.34. The van der Waals surface area contributed by atoms with Crippen molar-refractivity contribution in [1.82, 2.24) is 0 Å². The van der Waals surface area contributed by atoms with E-state index in [-0.39, 0.29) is 11.9 Å². The van der Waals surface area contributed by atoms with Crippen LogP contribution in [-0.4, -0.2) is 18.5 Å². The molecule has 0 radical (unpaired) electrons. The molecular weight excluding hydrogens is 224 g/mol. The Morgan fingerprint density at radius 1 is 1.44 bits per heavy atom. The molecule has 4 heteroatoms. The van der Waals surface area contributed by atoms with Gasteiger partial charge in [0, 0.05) is 11.1 Å². The fourth-order valence-corrected chi connectivity index (χ4v) is 2.39. The van der Waals surface area contributed by atoms with E-state index >= 15 is 0 Å². The van der Waals surface area contributed by atoms with Gasteiger partial charge in [0.2, 0.25) is 5.91 Å². The van der Waals surface area contributed by atoms with Gasteiger partial charge in [0.05, 0.1) is 17.9 Å². The van der Waals surface area contributed by atoms with Crippen LogP contribution in [0.4, 0.5) is 11.4 Å². The van der Waals surface area contributed by atoms with Crippen molar-refractivity contribution in [3.8, 4) is 0 Å². The van der Waals surface area contributed by atoms with Crippen LogP contribution in [0.5, 0.6) is 0 Å². The fourth-order valence-electron chi connectivity index (χ4n) is 2.12. The first-order valence-corrected chi connectivity index (χ1v) is 5.74. The smallest absolute Gasteiger partial charge is 0.246 e. The maximum atomic E-state index is 11.9. The highest BCUT2D eigenvalue weighted by molar-refractivity contribution is 6.31. The molecule has 0 fully saturated rings. The minimum Gasteiger partial charge on any atom is -0.374 e. The third-order valence-corrected chi connectivity index (χ3v) is 2.94. The van der Waals surface area contributed by atoms with E-state index in [0.29, 0.717) is 11.6 Å². The van der Waals surface area contributed by atoms with E-state index < -0.39 is 0 Å². The van der Waals surface area contributed by atoms with Gasteiger partial charge < -0.3 is 10.2 Å². The van der Waals surface area contributed by atoms with E-state index in [9.17, 15) is 4.79 Å². The Hall–Kier alpha value is -1.22.